The fourth-order valence-electron chi connectivity index (χ4n) is 3.39. The molecule has 0 atom stereocenters. The third kappa shape index (κ3) is 3.91. The molecule has 3 rings (SSSR count). The Morgan fingerprint density at radius 2 is 1.83 bits per heavy atom. The van der Waals surface area contributed by atoms with E-state index in [9.17, 15) is 9.59 Å². The summed E-state index contributed by atoms with van der Waals surface area (Å²) in [5, 5.41) is 0. The van der Waals surface area contributed by atoms with Crippen molar-refractivity contribution in [1.29, 1.82) is 0 Å². The maximum absolute atomic E-state index is 12.7. The van der Waals surface area contributed by atoms with E-state index >= 15 is 0 Å². The van der Waals surface area contributed by atoms with Crippen LogP contribution in [0.25, 0.3) is 0 Å². The minimum absolute atomic E-state index is 0.00130. The summed E-state index contributed by atoms with van der Waals surface area (Å²) >= 11 is 0. The van der Waals surface area contributed by atoms with Crippen molar-refractivity contribution < 1.29 is 9.59 Å². The molecule has 1 aliphatic heterocycles. The first kappa shape index (κ1) is 16.0. The molecule has 2 amide bonds. The molecule has 124 valence electrons. The lowest BCUT2D eigenvalue weighted by atomic mass is 9.85. The summed E-state index contributed by atoms with van der Waals surface area (Å²) in [4.78, 5) is 28.4. The normalized spacial score (nSPS) is 19.9. The van der Waals surface area contributed by atoms with Crippen LogP contribution in [0.5, 0.6) is 0 Å². The van der Waals surface area contributed by atoms with Crippen molar-refractivity contribution in [3.8, 4) is 0 Å². The van der Waals surface area contributed by atoms with Gasteiger partial charge in [0.25, 0.3) is 5.91 Å². The van der Waals surface area contributed by atoms with Gasteiger partial charge in [-0.1, -0.05) is 12.5 Å². The van der Waals surface area contributed by atoms with Crippen LogP contribution in [0.1, 0.15) is 46.4 Å². The van der Waals surface area contributed by atoms with E-state index in [0.29, 0.717) is 11.1 Å². The second-order valence-electron chi connectivity index (χ2n) is 6.69. The lowest BCUT2D eigenvalue weighted by Gasteiger charge is -2.31. The lowest BCUT2D eigenvalue weighted by molar-refractivity contribution is 0.0759. The molecule has 0 unspecified atom stereocenters. The van der Waals surface area contributed by atoms with E-state index in [1.54, 1.807) is 24.3 Å². The molecule has 0 aromatic heterocycles. The molecular weight excluding hydrogens is 290 g/mol. The average Bonchev–Trinajstić information content (AvgIpc) is 2.76. The van der Waals surface area contributed by atoms with Crippen molar-refractivity contribution in [3.63, 3.8) is 0 Å². The molecule has 2 aliphatic rings. The third-order valence-electron chi connectivity index (χ3n) is 5.01. The third-order valence-corrected chi connectivity index (χ3v) is 5.01. The molecule has 1 aliphatic carbocycles. The molecule has 23 heavy (non-hydrogen) atoms. The number of benzene rings is 1. The van der Waals surface area contributed by atoms with Gasteiger partial charge in [0.05, 0.1) is 0 Å². The average molecular weight is 315 g/mol. The zero-order valence-electron chi connectivity index (χ0n) is 13.5. The van der Waals surface area contributed by atoms with Gasteiger partial charge in [-0.05, 0) is 49.9 Å². The molecule has 2 N–H and O–H groups in total. The van der Waals surface area contributed by atoms with Gasteiger partial charge in [0, 0.05) is 37.3 Å². The minimum atomic E-state index is -0.498. The number of nitrogens with two attached hydrogens (primary N) is 1. The summed E-state index contributed by atoms with van der Waals surface area (Å²) in [6.07, 6.45) is 5.10. The van der Waals surface area contributed by atoms with E-state index in [0.717, 1.165) is 38.5 Å². The van der Waals surface area contributed by atoms with Crippen LogP contribution in [0.4, 0.5) is 0 Å². The van der Waals surface area contributed by atoms with Crippen LogP contribution < -0.4 is 5.73 Å². The molecule has 1 aromatic carbocycles. The number of nitrogens with zero attached hydrogens (tertiary/aromatic N) is 2. The molecule has 0 spiro atoms. The topological polar surface area (TPSA) is 66.6 Å². The number of rotatable bonds is 4. The number of hydrogen-bond donors (Lipinski definition) is 1. The highest BCUT2D eigenvalue weighted by atomic mass is 16.2. The smallest absolute Gasteiger partial charge is 0.253 e. The van der Waals surface area contributed by atoms with E-state index < -0.39 is 5.91 Å². The van der Waals surface area contributed by atoms with Crippen LogP contribution in [0.3, 0.4) is 0 Å². The van der Waals surface area contributed by atoms with Gasteiger partial charge in [-0.2, -0.15) is 0 Å². The maximum atomic E-state index is 12.7. The molecule has 1 saturated heterocycles. The van der Waals surface area contributed by atoms with Crippen molar-refractivity contribution in [2.45, 2.75) is 25.7 Å². The molecule has 5 heteroatoms. The van der Waals surface area contributed by atoms with Gasteiger partial charge < -0.3 is 15.5 Å². The molecular formula is C18H25N3O2. The molecule has 5 nitrogen and oxygen atoms in total. The van der Waals surface area contributed by atoms with Crippen LogP contribution >= 0.6 is 0 Å². The Balaban J connectivity index is 1.61. The SMILES string of the molecule is NC(=O)c1cccc(C(=O)N2CCCN(CC3CCC3)CC2)c1. The highest BCUT2D eigenvalue weighted by Gasteiger charge is 2.24. The zero-order valence-corrected chi connectivity index (χ0v) is 13.5. The first-order chi connectivity index (χ1) is 11.1. The Labute approximate surface area is 137 Å². The van der Waals surface area contributed by atoms with E-state index in [4.69, 9.17) is 5.73 Å². The Morgan fingerprint density at radius 1 is 1.04 bits per heavy atom. The molecule has 1 heterocycles. The highest BCUT2D eigenvalue weighted by molar-refractivity contribution is 5.99. The summed E-state index contributed by atoms with van der Waals surface area (Å²) in [5.74, 6) is 0.366. The molecule has 0 bridgehead atoms. The number of carbonyl (C=O) groups is 2. The Bertz CT molecular complexity index is 583. The monoisotopic (exact) mass is 315 g/mol. The molecule has 1 saturated carbocycles. The van der Waals surface area contributed by atoms with E-state index in [1.807, 2.05) is 4.90 Å². The number of carbonyl (C=O) groups excluding carboxylic acids is 2. The van der Waals surface area contributed by atoms with Crippen LogP contribution in [-0.2, 0) is 0 Å². The maximum Gasteiger partial charge on any atom is 0.253 e. The summed E-state index contributed by atoms with van der Waals surface area (Å²) in [6, 6.07) is 6.71. The first-order valence-electron chi connectivity index (χ1n) is 8.55. The van der Waals surface area contributed by atoms with Gasteiger partial charge in [-0.25, -0.2) is 0 Å². The quantitative estimate of drug-likeness (QED) is 0.920. The van der Waals surface area contributed by atoms with Gasteiger partial charge in [0.15, 0.2) is 0 Å². The van der Waals surface area contributed by atoms with Crippen LogP contribution in [0, 0.1) is 5.92 Å². The number of hydrogen-bond acceptors (Lipinski definition) is 3. The second kappa shape index (κ2) is 7.13. The van der Waals surface area contributed by atoms with Gasteiger partial charge in [0.2, 0.25) is 5.91 Å². The van der Waals surface area contributed by atoms with Crippen molar-refractivity contribution in [3.05, 3.63) is 35.4 Å². The fraction of sp³-hybridized carbons (Fsp3) is 0.556. The summed E-state index contributed by atoms with van der Waals surface area (Å²) in [7, 11) is 0. The predicted octanol–water partition coefficient (Wildman–Crippen LogP) is 1.73. The minimum Gasteiger partial charge on any atom is -0.366 e. The standard InChI is InChI=1S/C18H25N3O2/c19-17(22)15-6-2-7-16(12-15)18(23)21-9-3-8-20(10-11-21)13-14-4-1-5-14/h2,6-7,12,14H,1,3-5,8-11,13H2,(H2,19,22). The van der Waals surface area contributed by atoms with Crippen molar-refractivity contribution in [2.75, 3.05) is 32.7 Å². The number of primary amides is 1. The van der Waals surface area contributed by atoms with Crippen molar-refractivity contribution >= 4 is 11.8 Å². The van der Waals surface area contributed by atoms with E-state index in [2.05, 4.69) is 4.90 Å². The fourth-order valence-corrected chi connectivity index (χ4v) is 3.39. The van der Waals surface area contributed by atoms with Gasteiger partial charge in [-0.3, -0.25) is 9.59 Å². The van der Waals surface area contributed by atoms with E-state index in [-0.39, 0.29) is 5.91 Å². The Kier molecular flexibility index (Phi) is 4.96. The van der Waals surface area contributed by atoms with Gasteiger partial charge in [-0.15, -0.1) is 0 Å². The zero-order chi connectivity index (χ0) is 16.2. The molecule has 1 aromatic rings. The molecule has 2 fully saturated rings. The predicted molar refractivity (Wildman–Crippen MR) is 89.3 cm³/mol. The highest BCUT2D eigenvalue weighted by Crippen LogP contribution is 2.27. The van der Waals surface area contributed by atoms with Crippen LogP contribution in [-0.4, -0.2) is 54.3 Å². The lowest BCUT2D eigenvalue weighted by Crippen LogP contribution is -2.37. The second-order valence-corrected chi connectivity index (χ2v) is 6.69. The van der Waals surface area contributed by atoms with Gasteiger partial charge >= 0.3 is 0 Å². The number of amides is 2. The Hall–Kier alpha value is -1.88. The molecule has 0 radical (unpaired) electrons. The van der Waals surface area contributed by atoms with Crippen molar-refractivity contribution in [1.82, 2.24) is 9.80 Å². The largest absolute Gasteiger partial charge is 0.366 e. The van der Waals surface area contributed by atoms with Gasteiger partial charge in [0.1, 0.15) is 0 Å². The van der Waals surface area contributed by atoms with E-state index in [1.165, 1.54) is 25.8 Å². The van der Waals surface area contributed by atoms with Crippen LogP contribution in [0.2, 0.25) is 0 Å². The summed E-state index contributed by atoms with van der Waals surface area (Å²) in [6.45, 7) is 4.73. The summed E-state index contributed by atoms with van der Waals surface area (Å²) < 4.78 is 0. The Morgan fingerprint density at radius 3 is 2.52 bits per heavy atom. The summed E-state index contributed by atoms with van der Waals surface area (Å²) in [5.41, 5.74) is 6.24. The van der Waals surface area contributed by atoms with Crippen LogP contribution in [0.15, 0.2) is 24.3 Å². The van der Waals surface area contributed by atoms with Crippen molar-refractivity contribution in [2.24, 2.45) is 11.7 Å². The first-order valence-corrected chi connectivity index (χ1v) is 8.55.